The van der Waals surface area contributed by atoms with Crippen molar-refractivity contribution in [2.45, 2.75) is 12.9 Å². The number of para-hydroxylation sites is 1. The molecule has 3 nitrogen and oxygen atoms in total. The lowest BCUT2D eigenvalue weighted by atomic mass is 9.95. The van der Waals surface area contributed by atoms with Crippen LogP contribution in [0, 0.1) is 0 Å². The summed E-state index contributed by atoms with van der Waals surface area (Å²) in [7, 11) is 2.08. The van der Waals surface area contributed by atoms with Gasteiger partial charge in [-0.25, -0.2) is 0 Å². The van der Waals surface area contributed by atoms with Crippen molar-refractivity contribution in [3.8, 4) is 5.75 Å². The van der Waals surface area contributed by atoms with E-state index in [1.807, 2.05) is 48.5 Å². The van der Waals surface area contributed by atoms with Crippen molar-refractivity contribution >= 4 is 13.5 Å². The summed E-state index contributed by atoms with van der Waals surface area (Å²) < 4.78 is 11.2. The van der Waals surface area contributed by atoms with E-state index in [-0.39, 0.29) is 0 Å². The van der Waals surface area contributed by atoms with E-state index in [4.69, 9.17) is 15.2 Å². The molecule has 0 aliphatic carbocycles. The van der Waals surface area contributed by atoms with Gasteiger partial charge in [0.2, 0.25) is 0 Å². The van der Waals surface area contributed by atoms with Gasteiger partial charge in [-0.2, -0.15) is 0 Å². The van der Waals surface area contributed by atoms with Crippen LogP contribution < -0.4 is 10.5 Å². The number of anilines is 1. The highest BCUT2D eigenvalue weighted by Crippen LogP contribution is 2.24. The maximum atomic E-state index is 6.03. The van der Waals surface area contributed by atoms with Crippen LogP contribution in [-0.4, -0.2) is 21.1 Å². The van der Waals surface area contributed by atoms with E-state index >= 15 is 0 Å². The molecule has 0 heterocycles. The van der Waals surface area contributed by atoms with Gasteiger partial charge in [-0.05, 0) is 17.2 Å². The molecule has 0 bridgehead atoms. The first-order valence-electron chi connectivity index (χ1n) is 6.93. The minimum Gasteiger partial charge on any atom is -0.489 e. The maximum absolute atomic E-state index is 6.03. The first-order valence-corrected chi connectivity index (χ1v) is 6.93. The highest BCUT2D eigenvalue weighted by molar-refractivity contribution is 6.08. The van der Waals surface area contributed by atoms with Crippen LogP contribution in [0.15, 0.2) is 48.5 Å². The predicted octanol–water partition coefficient (Wildman–Crippen LogP) is 2.00. The molecule has 0 radical (unpaired) electrons. The summed E-state index contributed by atoms with van der Waals surface area (Å²) >= 11 is 0. The lowest BCUT2D eigenvalue weighted by Gasteiger charge is -2.11. The highest BCUT2D eigenvalue weighted by atomic mass is 16.5. The number of benzene rings is 2. The Morgan fingerprint density at radius 3 is 2.50 bits per heavy atom. The molecule has 2 rings (SSSR count). The van der Waals surface area contributed by atoms with Gasteiger partial charge >= 0.3 is 0 Å². The molecule has 0 saturated heterocycles. The predicted molar refractivity (Wildman–Crippen MR) is 84.7 cm³/mol. The molecule has 4 heteroatoms. The summed E-state index contributed by atoms with van der Waals surface area (Å²) in [5.41, 5.74) is 9.05. The summed E-state index contributed by atoms with van der Waals surface area (Å²) in [4.78, 5) is 0. The smallest absolute Gasteiger partial charge is 0.142 e. The fraction of sp³-hybridized carbons (Fsp3) is 0.250. The van der Waals surface area contributed by atoms with Gasteiger partial charge in [0.1, 0.15) is 20.2 Å². The summed E-state index contributed by atoms with van der Waals surface area (Å²) in [5.74, 6) is 0.743. The Hall–Kier alpha value is -1.94. The Labute approximate surface area is 121 Å². The first-order chi connectivity index (χ1) is 9.81. The number of nitrogen functional groups attached to an aromatic ring is 1. The molecule has 0 atom stereocenters. The summed E-state index contributed by atoms with van der Waals surface area (Å²) in [6, 6.07) is 16.0. The molecule has 0 aromatic heterocycles. The number of rotatable bonds is 7. The first kappa shape index (κ1) is 14.5. The lowest BCUT2D eigenvalue weighted by Crippen LogP contribution is -2.08. The Kier molecular flexibility index (Phi) is 5.50. The largest absolute Gasteiger partial charge is 0.489 e. The van der Waals surface area contributed by atoms with Crippen LogP contribution in [0.1, 0.15) is 11.1 Å². The van der Waals surface area contributed by atoms with Crippen molar-refractivity contribution in [3.63, 3.8) is 0 Å². The summed E-state index contributed by atoms with van der Waals surface area (Å²) in [5, 5.41) is 0. The van der Waals surface area contributed by atoms with E-state index in [9.17, 15) is 0 Å². The molecule has 20 heavy (non-hydrogen) atoms. The van der Waals surface area contributed by atoms with Crippen LogP contribution in [0.5, 0.6) is 5.75 Å². The van der Waals surface area contributed by atoms with Crippen molar-refractivity contribution in [2.75, 3.05) is 18.9 Å². The van der Waals surface area contributed by atoms with Crippen molar-refractivity contribution in [1.82, 2.24) is 0 Å². The zero-order valence-electron chi connectivity index (χ0n) is 11.8. The van der Waals surface area contributed by atoms with Crippen LogP contribution >= 0.6 is 0 Å². The van der Waals surface area contributed by atoms with E-state index in [0.717, 1.165) is 23.3 Å². The number of hydrogen-bond acceptors (Lipinski definition) is 3. The fourth-order valence-corrected chi connectivity index (χ4v) is 2.00. The van der Waals surface area contributed by atoms with Gasteiger partial charge in [0.25, 0.3) is 0 Å². The maximum Gasteiger partial charge on any atom is 0.142 e. The average Bonchev–Trinajstić information content (AvgIpc) is 2.49. The number of hydrogen-bond donors (Lipinski definition) is 1. The molecule has 2 aromatic rings. The summed E-state index contributed by atoms with van der Waals surface area (Å²) in [6.45, 7) is 1.66. The number of ether oxygens (including phenoxy) is 2. The lowest BCUT2D eigenvalue weighted by molar-refractivity contribution is 0.0891. The second-order valence-corrected chi connectivity index (χ2v) is 4.57. The van der Waals surface area contributed by atoms with Crippen LogP contribution in [0.3, 0.4) is 0 Å². The zero-order chi connectivity index (χ0) is 14.2. The third kappa shape index (κ3) is 4.03. The quantitative estimate of drug-likeness (QED) is 0.475. The molecule has 0 amide bonds. The second-order valence-electron chi connectivity index (χ2n) is 4.57. The molecular weight excluding hydrogens is 249 g/mol. The molecule has 0 unspecified atom stereocenters. The molecule has 0 spiro atoms. The van der Waals surface area contributed by atoms with Crippen molar-refractivity contribution in [1.29, 1.82) is 0 Å². The molecule has 2 aromatic carbocycles. The van der Waals surface area contributed by atoms with Gasteiger partial charge in [-0.3, -0.25) is 0 Å². The average molecular weight is 269 g/mol. The van der Waals surface area contributed by atoms with Crippen LogP contribution in [0.2, 0.25) is 0 Å². The van der Waals surface area contributed by atoms with Crippen LogP contribution in [0.25, 0.3) is 0 Å². The van der Waals surface area contributed by atoms with E-state index in [2.05, 4.69) is 7.85 Å². The Bertz CT molecular complexity index is 531. The molecule has 0 aliphatic rings. The molecule has 0 aliphatic heterocycles. The van der Waals surface area contributed by atoms with Gasteiger partial charge in [-0.15, -0.1) is 0 Å². The van der Waals surface area contributed by atoms with Crippen molar-refractivity contribution < 1.29 is 9.47 Å². The molecule has 104 valence electrons. The normalized spacial score (nSPS) is 10.4. The minimum atomic E-state index is 0.504. The van der Waals surface area contributed by atoms with Gasteiger partial charge in [-0.1, -0.05) is 48.8 Å². The minimum absolute atomic E-state index is 0.504. The van der Waals surface area contributed by atoms with Gasteiger partial charge in [0, 0.05) is 0 Å². The van der Waals surface area contributed by atoms with Gasteiger partial charge < -0.3 is 15.2 Å². The monoisotopic (exact) mass is 269 g/mol. The second kappa shape index (κ2) is 7.60. The Balaban J connectivity index is 1.74. The molecular formula is C16H20BNO2. The standard InChI is InChI=1S/C16H20BNO2/c17-11-14-7-4-8-15(16(14)18)20-10-9-19-12-13-5-2-1-3-6-13/h1-8H,9-12,17-18H2. The Morgan fingerprint density at radius 2 is 1.75 bits per heavy atom. The van der Waals surface area contributed by atoms with E-state index in [1.54, 1.807) is 0 Å². The van der Waals surface area contributed by atoms with Gasteiger partial charge in [0.15, 0.2) is 0 Å². The third-order valence-electron chi connectivity index (χ3n) is 3.13. The van der Waals surface area contributed by atoms with Gasteiger partial charge in [0.05, 0.1) is 18.9 Å². The van der Waals surface area contributed by atoms with Crippen molar-refractivity contribution in [3.05, 3.63) is 59.7 Å². The van der Waals surface area contributed by atoms with Crippen LogP contribution in [0.4, 0.5) is 5.69 Å². The van der Waals surface area contributed by atoms with E-state index in [1.165, 1.54) is 5.56 Å². The highest BCUT2D eigenvalue weighted by Gasteiger charge is 2.04. The van der Waals surface area contributed by atoms with E-state index < -0.39 is 0 Å². The number of nitrogens with two attached hydrogens (primary N) is 1. The zero-order valence-corrected chi connectivity index (χ0v) is 11.8. The Morgan fingerprint density at radius 1 is 0.950 bits per heavy atom. The topological polar surface area (TPSA) is 44.5 Å². The van der Waals surface area contributed by atoms with Crippen LogP contribution in [-0.2, 0) is 17.7 Å². The fourth-order valence-electron chi connectivity index (χ4n) is 2.00. The SMILES string of the molecule is BCc1cccc(OCCOCc2ccccc2)c1N. The molecule has 0 saturated carbocycles. The van der Waals surface area contributed by atoms with E-state index in [0.29, 0.717) is 19.8 Å². The van der Waals surface area contributed by atoms with Crippen molar-refractivity contribution in [2.24, 2.45) is 0 Å². The molecule has 0 fully saturated rings. The summed E-state index contributed by atoms with van der Waals surface area (Å²) in [6.07, 6.45) is 0.910. The molecule has 2 N–H and O–H groups in total. The third-order valence-corrected chi connectivity index (χ3v) is 3.13.